The molecule has 0 aliphatic rings. The Hall–Kier alpha value is -0.870. The van der Waals surface area contributed by atoms with Gasteiger partial charge in [0.05, 0.1) is 18.3 Å². The van der Waals surface area contributed by atoms with E-state index < -0.39 is 0 Å². The van der Waals surface area contributed by atoms with Gasteiger partial charge in [-0.3, -0.25) is 5.10 Å². The largest absolute Gasteiger partial charge is 0.392 e. The second-order valence-corrected chi connectivity index (χ2v) is 3.47. The van der Waals surface area contributed by atoms with Crippen LogP contribution in [-0.4, -0.2) is 15.3 Å². The lowest BCUT2D eigenvalue weighted by molar-refractivity contribution is 0.283. The first-order valence-electron chi connectivity index (χ1n) is 3.53. The van der Waals surface area contributed by atoms with Crippen LogP contribution in [0.5, 0.6) is 0 Å². The highest BCUT2D eigenvalue weighted by Gasteiger charge is 2.02. The van der Waals surface area contributed by atoms with Gasteiger partial charge in [0.15, 0.2) is 0 Å². The second-order valence-electron chi connectivity index (χ2n) is 2.55. The highest BCUT2D eigenvalue weighted by Crippen LogP contribution is 2.22. The molecule has 62 valence electrons. The summed E-state index contributed by atoms with van der Waals surface area (Å²) in [6.45, 7) is 0.0372. The fourth-order valence-electron chi connectivity index (χ4n) is 1.22. The quantitative estimate of drug-likeness (QED) is 0.780. The van der Waals surface area contributed by atoms with Crippen molar-refractivity contribution in [3.63, 3.8) is 0 Å². The number of halogens is 1. The average Bonchev–Trinajstić information content (AvgIpc) is 2.50. The molecule has 0 spiro atoms. The number of benzene rings is 1. The van der Waals surface area contributed by atoms with Gasteiger partial charge in [0.25, 0.3) is 0 Å². The Morgan fingerprint density at radius 1 is 1.50 bits per heavy atom. The number of aliphatic hydroxyl groups excluding tert-OH is 1. The first-order valence-corrected chi connectivity index (χ1v) is 4.33. The third-order valence-corrected chi connectivity index (χ3v) is 2.24. The molecular formula is C8H7BrN2O. The van der Waals surface area contributed by atoms with Gasteiger partial charge in [-0.25, -0.2) is 0 Å². The van der Waals surface area contributed by atoms with Crippen LogP contribution in [0, 0.1) is 0 Å². The number of rotatable bonds is 1. The number of aliphatic hydroxyl groups is 1. The standard InChI is InChI=1S/C8H7BrN2O/c9-6-1-5(4-12)7-3-10-11-8(7)2-6/h1-3,12H,4H2,(H,10,11). The van der Waals surface area contributed by atoms with Crippen molar-refractivity contribution in [2.24, 2.45) is 0 Å². The van der Waals surface area contributed by atoms with Gasteiger partial charge >= 0.3 is 0 Å². The number of nitrogens with zero attached hydrogens (tertiary/aromatic N) is 1. The third-order valence-electron chi connectivity index (χ3n) is 1.78. The van der Waals surface area contributed by atoms with E-state index in [0.29, 0.717) is 0 Å². The molecule has 2 aromatic rings. The van der Waals surface area contributed by atoms with Gasteiger partial charge in [0, 0.05) is 9.86 Å². The Morgan fingerprint density at radius 3 is 3.08 bits per heavy atom. The third kappa shape index (κ3) is 1.13. The number of nitrogens with one attached hydrogen (secondary N) is 1. The lowest BCUT2D eigenvalue weighted by Crippen LogP contribution is -1.83. The summed E-state index contributed by atoms with van der Waals surface area (Å²) in [6.07, 6.45) is 1.72. The Balaban J connectivity index is 2.80. The summed E-state index contributed by atoms with van der Waals surface area (Å²) < 4.78 is 0.948. The van der Waals surface area contributed by atoms with Gasteiger partial charge in [0.1, 0.15) is 0 Å². The predicted molar refractivity (Wildman–Crippen MR) is 49.7 cm³/mol. The van der Waals surface area contributed by atoms with Gasteiger partial charge in [-0.05, 0) is 17.7 Å². The molecule has 0 amide bonds. The number of hydrogen-bond donors (Lipinski definition) is 2. The molecule has 0 saturated carbocycles. The van der Waals surface area contributed by atoms with E-state index in [1.807, 2.05) is 12.1 Å². The van der Waals surface area contributed by atoms with E-state index in [4.69, 9.17) is 5.11 Å². The van der Waals surface area contributed by atoms with E-state index in [1.165, 1.54) is 0 Å². The molecule has 0 radical (unpaired) electrons. The molecule has 1 heterocycles. The van der Waals surface area contributed by atoms with Crippen LogP contribution in [0.15, 0.2) is 22.8 Å². The molecule has 0 aliphatic heterocycles. The molecule has 2 rings (SSSR count). The predicted octanol–water partition coefficient (Wildman–Crippen LogP) is 1.82. The molecular weight excluding hydrogens is 220 g/mol. The highest BCUT2D eigenvalue weighted by atomic mass is 79.9. The molecule has 0 unspecified atom stereocenters. The summed E-state index contributed by atoms with van der Waals surface area (Å²) in [5, 5.41) is 16.7. The molecule has 0 fully saturated rings. The van der Waals surface area contributed by atoms with Crippen molar-refractivity contribution in [3.05, 3.63) is 28.4 Å². The minimum absolute atomic E-state index is 0.0372. The van der Waals surface area contributed by atoms with Crippen LogP contribution in [0.3, 0.4) is 0 Å². The van der Waals surface area contributed by atoms with E-state index in [9.17, 15) is 0 Å². The monoisotopic (exact) mass is 226 g/mol. The van der Waals surface area contributed by atoms with Crippen LogP contribution in [0.2, 0.25) is 0 Å². The topological polar surface area (TPSA) is 48.9 Å². The van der Waals surface area contributed by atoms with Gasteiger partial charge in [-0.15, -0.1) is 0 Å². The van der Waals surface area contributed by atoms with E-state index >= 15 is 0 Å². The molecule has 1 aromatic heterocycles. The summed E-state index contributed by atoms with van der Waals surface area (Å²) in [5.41, 5.74) is 1.82. The van der Waals surface area contributed by atoms with Crippen molar-refractivity contribution >= 4 is 26.8 Å². The maximum Gasteiger partial charge on any atom is 0.0689 e. The molecule has 0 atom stereocenters. The first kappa shape index (κ1) is 7.76. The molecule has 3 nitrogen and oxygen atoms in total. The lowest BCUT2D eigenvalue weighted by atomic mass is 10.1. The minimum atomic E-state index is 0.0372. The zero-order valence-electron chi connectivity index (χ0n) is 6.21. The smallest absolute Gasteiger partial charge is 0.0689 e. The van der Waals surface area contributed by atoms with Crippen molar-refractivity contribution in [2.45, 2.75) is 6.61 Å². The van der Waals surface area contributed by atoms with Crippen molar-refractivity contribution < 1.29 is 5.11 Å². The van der Waals surface area contributed by atoms with Crippen LogP contribution in [-0.2, 0) is 6.61 Å². The van der Waals surface area contributed by atoms with Crippen molar-refractivity contribution in [1.29, 1.82) is 0 Å². The Labute approximate surface area is 77.5 Å². The van der Waals surface area contributed by atoms with Gasteiger partial charge < -0.3 is 5.11 Å². The van der Waals surface area contributed by atoms with Crippen molar-refractivity contribution in [2.75, 3.05) is 0 Å². The zero-order valence-corrected chi connectivity index (χ0v) is 7.80. The van der Waals surface area contributed by atoms with Crippen molar-refractivity contribution in [1.82, 2.24) is 10.2 Å². The molecule has 1 aromatic carbocycles. The van der Waals surface area contributed by atoms with Gasteiger partial charge in [0.2, 0.25) is 0 Å². The van der Waals surface area contributed by atoms with Crippen molar-refractivity contribution in [3.8, 4) is 0 Å². The fraction of sp³-hybridized carbons (Fsp3) is 0.125. The Bertz CT molecular complexity index is 410. The first-order chi connectivity index (χ1) is 5.81. The number of aromatic amines is 1. The number of hydrogen-bond acceptors (Lipinski definition) is 2. The average molecular weight is 227 g/mol. The maximum absolute atomic E-state index is 9.02. The summed E-state index contributed by atoms with van der Waals surface area (Å²) in [7, 11) is 0. The zero-order chi connectivity index (χ0) is 8.55. The van der Waals surface area contributed by atoms with Gasteiger partial charge in [-0.1, -0.05) is 15.9 Å². The normalized spacial score (nSPS) is 10.8. The summed E-state index contributed by atoms with van der Waals surface area (Å²) in [4.78, 5) is 0. The Kier molecular flexibility index (Phi) is 1.86. The van der Waals surface area contributed by atoms with E-state index in [-0.39, 0.29) is 6.61 Å². The van der Waals surface area contributed by atoms with Crippen LogP contribution >= 0.6 is 15.9 Å². The van der Waals surface area contributed by atoms with E-state index in [0.717, 1.165) is 20.9 Å². The summed E-state index contributed by atoms with van der Waals surface area (Å²) in [6, 6.07) is 3.82. The van der Waals surface area contributed by atoms with Crippen LogP contribution in [0.25, 0.3) is 10.9 Å². The molecule has 2 N–H and O–H groups in total. The Morgan fingerprint density at radius 2 is 2.33 bits per heavy atom. The van der Waals surface area contributed by atoms with E-state index in [1.54, 1.807) is 6.20 Å². The minimum Gasteiger partial charge on any atom is -0.392 e. The molecule has 0 aliphatic carbocycles. The molecule has 0 bridgehead atoms. The van der Waals surface area contributed by atoms with Crippen LogP contribution in [0.4, 0.5) is 0 Å². The van der Waals surface area contributed by atoms with Crippen LogP contribution in [0.1, 0.15) is 5.56 Å². The number of H-pyrrole nitrogens is 1. The molecule has 0 saturated heterocycles. The molecule has 12 heavy (non-hydrogen) atoms. The van der Waals surface area contributed by atoms with E-state index in [2.05, 4.69) is 26.1 Å². The summed E-state index contributed by atoms with van der Waals surface area (Å²) in [5.74, 6) is 0. The number of aromatic nitrogens is 2. The van der Waals surface area contributed by atoms with Gasteiger partial charge in [-0.2, -0.15) is 5.10 Å². The van der Waals surface area contributed by atoms with Crippen LogP contribution < -0.4 is 0 Å². The maximum atomic E-state index is 9.02. The molecule has 4 heteroatoms. The highest BCUT2D eigenvalue weighted by molar-refractivity contribution is 9.10. The second kappa shape index (κ2) is 2.88. The summed E-state index contributed by atoms with van der Waals surface area (Å²) >= 11 is 3.35. The lowest BCUT2D eigenvalue weighted by Gasteiger charge is -1.98. The fourth-order valence-corrected chi connectivity index (χ4v) is 1.72. The SMILES string of the molecule is OCc1cc(Br)cc2[nH]ncc12. The number of fused-ring (bicyclic) bond motifs is 1.